The fraction of sp³-hybridized carbons (Fsp3) is 0.417. The van der Waals surface area contributed by atoms with Gasteiger partial charge >= 0.3 is 0 Å². The van der Waals surface area contributed by atoms with Crippen LogP contribution in [0.15, 0.2) is 18.2 Å². The second-order valence-electron chi connectivity index (χ2n) is 4.43. The molecular weight excluding hydrogens is 262 g/mol. The first kappa shape index (κ1) is 14.9. The molecule has 0 bridgehead atoms. The van der Waals surface area contributed by atoms with Crippen molar-refractivity contribution in [2.75, 3.05) is 0 Å². The van der Waals surface area contributed by atoms with E-state index in [-0.39, 0.29) is 30.4 Å². The molecule has 1 aromatic rings. The summed E-state index contributed by atoms with van der Waals surface area (Å²) < 4.78 is 25.9. The second-order valence-corrected chi connectivity index (χ2v) is 4.43. The third-order valence-electron chi connectivity index (χ3n) is 3.15. The summed E-state index contributed by atoms with van der Waals surface area (Å²) in [5.41, 5.74) is 5.26. The van der Waals surface area contributed by atoms with E-state index in [1.807, 2.05) is 0 Å². The monoisotopic (exact) mass is 276 g/mol. The van der Waals surface area contributed by atoms with Gasteiger partial charge in [-0.1, -0.05) is 6.07 Å². The van der Waals surface area contributed by atoms with Crippen LogP contribution >= 0.6 is 12.4 Å². The van der Waals surface area contributed by atoms with Crippen LogP contribution in [-0.4, -0.2) is 11.4 Å². The molecule has 0 aromatic heterocycles. The van der Waals surface area contributed by atoms with Gasteiger partial charge in [0.05, 0.1) is 5.54 Å². The molecule has 0 radical (unpaired) electrons. The Morgan fingerprint density at radius 3 is 2.56 bits per heavy atom. The molecule has 1 aliphatic carbocycles. The van der Waals surface area contributed by atoms with Crippen molar-refractivity contribution < 1.29 is 13.6 Å². The normalized spacial score (nSPS) is 16.4. The average molecular weight is 277 g/mol. The van der Waals surface area contributed by atoms with Gasteiger partial charge in [0.25, 0.3) is 0 Å². The van der Waals surface area contributed by atoms with E-state index in [0.717, 1.165) is 18.6 Å². The third kappa shape index (κ3) is 2.97. The summed E-state index contributed by atoms with van der Waals surface area (Å²) in [6, 6.07) is 3.27. The molecule has 1 amide bonds. The number of nitrogens with two attached hydrogens (primary N) is 1. The van der Waals surface area contributed by atoms with E-state index >= 15 is 0 Å². The Balaban J connectivity index is 0.00000162. The van der Waals surface area contributed by atoms with Crippen LogP contribution < -0.4 is 11.1 Å². The molecule has 0 heterocycles. The highest BCUT2D eigenvalue weighted by Gasteiger charge is 2.39. The zero-order valence-corrected chi connectivity index (χ0v) is 10.5. The van der Waals surface area contributed by atoms with Crippen LogP contribution in [0.3, 0.4) is 0 Å². The van der Waals surface area contributed by atoms with E-state index < -0.39 is 17.2 Å². The molecule has 1 saturated carbocycles. The van der Waals surface area contributed by atoms with E-state index in [1.54, 1.807) is 0 Å². The zero-order valence-electron chi connectivity index (χ0n) is 9.71. The summed E-state index contributed by atoms with van der Waals surface area (Å²) >= 11 is 0. The predicted molar refractivity (Wildman–Crippen MR) is 66.2 cm³/mol. The van der Waals surface area contributed by atoms with Crippen LogP contribution in [0.4, 0.5) is 8.78 Å². The molecule has 1 fully saturated rings. The molecule has 18 heavy (non-hydrogen) atoms. The molecule has 3 N–H and O–H groups in total. The van der Waals surface area contributed by atoms with Crippen molar-refractivity contribution in [2.24, 2.45) is 5.73 Å². The number of hydrogen-bond donors (Lipinski definition) is 2. The Kier molecular flexibility index (Phi) is 4.65. The molecule has 0 atom stereocenters. The summed E-state index contributed by atoms with van der Waals surface area (Å²) in [6.45, 7) is 0.0316. The number of rotatable bonds is 3. The Hall–Kier alpha value is -1.20. The maximum Gasteiger partial charge on any atom is 0.240 e. The first-order chi connectivity index (χ1) is 8.01. The standard InChI is InChI=1S/C12H14F2N2O.ClH/c13-9-3-2-8(10(14)6-9)7-16-11(17)12(15)4-1-5-12;/h2-3,6H,1,4-5,7,15H2,(H,16,17);1H. The Bertz CT molecular complexity index is 450. The number of hydrogen-bond acceptors (Lipinski definition) is 2. The molecular formula is C12H15ClF2N2O. The summed E-state index contributed by atoms with van der Waals surface area (Å²) in [6.07, 6.45) is 2.25. The van der Waals surface area contributed by atoms with Crippen molar-refractivity contribution in [3.05, 3.63) is 35.4 Å². The lowest BCUT2D eigenvalue weighted by Crippen LogP contribution is -2.58. The van der Waals surface area contributed by atoms with Gasteiger partial charge in [0.2, 0.25) is 5.91 Å². The summed E-state index contributed by atoms with van der Waals surface area (Å²) in [4.78, 5) is 11.7. The van der Waals surface area contributed by atoms with Crippen LogP contribution in [0, 0.1) is 11.6 Å². The van der Waals surface area contributed by atoms with Gasteiger partial charge in [0, 0.05) is 18.2 Å². The van der Waals surface area contributed by atoms with Gasteiger partial charge in [-0.3, -0.25) is 4.79 Å². The fourth-order valence-electron chi connectivity index (χ4n) is 1.80. The largest absolute Gasteiger partial charge is 0.350 e. The molecule has 0 unspecified atom stereocenters. The van der Waals surface area contributed by atoms with Gasteiger partial charge in [-0.05, 0) is 25.3 Å². The molecule has 6 heteroatoms. The lowest BCUT2D eigenvalue weighted by molar-refractivity contribution is -0.129. The van der Waals surface area contributed by atoms with Crippen molar-refractivity contribution in [3.63, 3.8) is 0 Å². The predicted octanol–water partition coefficient (Wildman–Crippen LogP) is 1.88. The lowest BCUT2D eigenvalue weighted by atomic mass is 9.77. The summed E-state index contributed by atoms with van der Waals surface area (Å²) in [5, 5.41) is 2.58. The molecule has 0 aliphatic heterocycles. The summed E-state index contributed by atoms with van der Waals surface area (Å²) in [7, 11) is 0. The fourth-order valence-corrected chi connectivity index (χ4v) is 1.80. The zero-order chi connectivity index (χ0) is 12.5. The van der Waals surface area contributed by atoms with Crippen LogP contribution in [0.2, 0.25) is 0 Å². The number of amides is 1. The van der Waals surface area contributed by atoms with Crippen LogP contribution in [0.5, 0.6) is 0 Å². The van der Waals surface area contributed by atoms with E-state index in [2.05, 4.69) is 5.32 Å². The molecule has 1 aliphatic rings. The van der Waals surface area contributed by atoms with E-state index in [0.29, 0.717) is 12.8 Å². The van der Waals surface area contributed by atoms with Crippen LogP contribution in [0.25, 0.3) is 0 Å². The van der Waals surface area contributed by atoms with Crippen molar-refractivity contribution >= 4 is 18.3 Å². The maximum absolute atomic E-state index is 13.3. The minimum atomic E-state index is -0.795. The first-order valence-corrected chi connectivity index (χ1v) is 5.52. The van der Waals surface area contributed by atoms with Gasteiger partial charge in [0.1, 0.15) is 11.6 Å². The van der Waals surface area contributed by atoms with Crippen molar-refractivity contribution in [2.45, 2.75) is 31.3 Å². The highest BCUT2D eigenvalue weighted by Crippen LogP contribution is 2.29. The van der Waals surface area contributed by atoms with Gasteiger partial charge in [-0.15, -0.1) is 12.4 Å². The van der Waals surface area contributed by atoms with Gasteiger partial charge in [0.15, 0.2) is 0 Å². The second kappa shape index (κ2) is 5.63. The molecule has 1 aromatic carbocycles. The van der Waals surface area contributed by atoms with Crippen LogP contribution in [0.1, 0.15) is 24.8 Å². The highest BCUT2D eigenvalue weighted by atomic mass is 35.5. The first-order valence-electron chi connectivity index (χ1n) is 5.52. The molecule has 0 spiro atoms. The minimum absolute atomic E-state index is 0. The molecule has 0 saturated heterocycles. The Morgan fingerprint density at radius 1 is 1.39 bits per heavy atom. The van der Waals surface area contributed by atoms with Crippen molar-refractivity contribution in [1.29, 1.82) is 0 Å². The average Bonchev–Trinajstić information content (AvgIpc) is 2.24. The Labute approximate surface area is 110 Å². The number of carbonyl (C=O) groups is 1. The number of carbonyl (C=O) groups excluding carboxylic acids is 1. The van der Waals surface area contributed by atoms with Gasteiger partial charge in [-0.2, -0.15) is 0 Å². The maximum atomic E-state index is 13.3. The lowest BCUT2D eigenvalue weighted by Gasteiger charge is -2.36. The number of benzene rings is 1. The van der Waals surface area contributed by atoms with E-state index in [4.69, 9.17) is 5.73 Å². The van der Waals surface area contributed by atoms with Crippen molar-refractivity contribution in [3.8, 4) is 0 Å². The van der Waals surface area contributed by atoms with E-state index in [9.17, 15) is 13.6 Å². The quantitative estimate of drug-likeness (QED) is 0.886. The number of halogens is 3. The van der Waals surface area contributed by atoms with Gasteiger partial charge in [-0.25, -0.2) is 8.78 Å². The minimum Gasteiger partial charge on any atom is -0.350 e. The molecule has 3 nitrogen and oxygen atoms in total. The third-order valence-corrected chi connectivity index (χ3v) is 3.15. The number of nitrogens with one attached hydrogen (secondary N) is 1. The van der Waals surface area contributed by atoms with E-state index in [1.165, 1.54) is 6.07 Å². The highest BCUT2D eigenvalue weighted by molar-refractivity contribution is 5.87. The summed E-state index contributed by atoms with van der Waals surface area (Å²) in [5.74, 6) is -1.57. The molecule has 100 valence electrons. The van der Waals surface area contributed by atoms with Gasteiger partial charge < -0.3 is 11.1 Å². The Morgan fingerprint density at radius 2 is 2.06 bits per heavy atom. The SMILES string of the molecule is Cl.NC1(C(=O)NCc2ccc(F)cc2F)CCC1. The molecule has 2 rings (SSSR count). The van der Waals surface area contributed by atoms with Crippen LogP contribution in [-0.2, 0) is 11.3 Å². The smallest absolute Gasteiger partial charge is 0.240 e. The topological polar surface area (TPSA) is 55.1 Å². The van der Waals surface area contributed by atoms with Crippen molar-refractivity contribution in [1.82, 2.24) is 5.32 Å².